The molecule has 1 unspecified atom stereocenters. The molecule has 2 fully saturated rings. The van der Waals surface area contributed by atoms with E-state index in [0.29, 0.717) is 5.41 Å². The van der Waals surface area contributed by atoms with Gasteiger partial charge in [0.1, 0.15) is 5.76 Å². The number of aliphatic imine (C=N–C) groups is 1. The first-order valence-electron chi connectivity index (χ1n) is 8.06. The molecule has 0 radical (unpaired) electrons. The number of hydrogen-bond donors (Lipinski definition) is 1. The summed E-state index contributed by atoms with van der Waals surface area (Å²) in [5, 5.41) is 3.42. The summed E-state index contributed by atoms with van der Waals surface area (Å²) in [6.45, 7) is 7.70. The Balaban J connectivity index is 1.58. The molecule has 3 heterocycles. The van der Waals surface area contributed by atoms with Gasteiger partial charge in [0.15, 0.2) is 10.6 Å². The van der Waals surface area contributed by atoms with E-state index in [9.17, 15) is 0 Å². The number of hydrogen-bond acceptors (Lipinski definition) is 3. The Hall–Kier alpha value is -1.01. The number of likely N-dealkylation sites (tertiary alicyclic amines) is 1. The predicted octanol–water partition coefficient (Wildman–Crippen LogP) is 2.66. The lowest BCUT2D eigenvalue weighted by Crippen LogP contribution is -2.41. The molecular formula is C16H24BrN3O2. The fourth-order valence-electron chi connectivity index (χ4n) is 3.27. The van der Waals surface area contributed by atoms with E-state index in [1.54, 1.807) is 0 Å². The van der Waals surface area contributed by atoms with Gasteiger partial charge in [-0.15, -0.1) is 0 Å². The highest BCUT2D eigenvalue weighted by molar-refractivity contribution is 9.10. The summed E-state index contributed by atoms with van der Waals surface area (Å²) in [6, 6.07) is 3.92. The molecule has 2 saturated heterocycles. The van der Waals surface area contributed by atoms with E-state index in [1.165, 1.54) is 12.8 Å². The molecule has 2 aliphatic heterocycles. The zero-order valence-corrected chi connectivity index (χ0v) is 14.7. The minimum Gasteiger partial charge on any atom is -0.454 e. The monoisotopic (exact) mass is 369 g/mol. The first-order chi connectivity index (χ1) is 10.7. The lowest BCUT2D eigenvalue weighted by Gasteiger charge is -2.24. The van der Waals surface area contributed by atoms with Crippen molar-refractivity contribution in [1.29, 1.82) is 0 Å². The van der Waals surface area contributed by atoms with Crippen LogP contribution in [0.4, 0.5) is 0 Å². The van der Waals surface area contributed by atoms with Crippen LogP contribution in [0.2, 0.25) is 0 Å². The average Bonchev–Trinajstić information content (AvgIpc) is 3.22. The van der Waals surface area contributed by atoms with E-state index in [-0.39, 0.29) is 0 Å². The molecular weight excluding hydrogens is 346 g/mol. The highest BCUT2D eigenvalue weighted by atomic mass is 79.9. The Morgan fingerprint density at radius 1 is 1.45 bits per heavy atom. The summed E-state index contributed by atoms with van der Waals surface area (Å²) in [5.74, 6) is 1.99. The topological polar surface area (TPSA) is 50.0 Å². The van der Waals surface area contributed by atoms with E-state index in [1.807, 2.05) is 12.1 Å². The van der Waals surface area contributed by atoms with Crippen LogP contribution in [0.3, 0.4) is 0 Å². The van der Waals surface area contributed by atoms with Crippen molar-refractivity contribution in [1.82, 2.24) is 10.2 Å². The first-order valence-corrected chi connectivity index (χ1v) is 8.85. The van der Waals surface area contributed by atoms with Gasteiger partial charge in [0, 0.05) is 44.6 Å². The Morgan fingerprint density at radius 3 is 3.05 bits per heavy atom. The highest BCUT2D eigenvalue weighted by Crippen LogP contribution is 2.38. The molecule has 6 heteroatoms. The van der Waals surface area contributed by atoms with Crippen LogP contribution in [0.25, 0.3) is 0 Å². The van der Waals surface area contributed by atoms with Gasteiger partial charge in [0.05, 0.1) is 6.61 Å². The van der Waals surface area contributed by atoms with Crippen LogP contribution in [0.1, 0.15) is 25.5 Å². The largest absolute Gasteiger partial charge is 0.454 e. The number of guanidine groups is 1. The molecule has 0 aliphatic carbocycles. The minimum atomic E-state index is 0.363. The third-order valence-corrected chi connectivity index (χ3v) is 4.93. The van der Waals surface area contributed by atoms with E-state index in [0.717, 1.165) is 62.2 Å². The standard InChI is InChI=1S/C16H24BrN3O2/c1-2-18-15(19-8-5-13-3-4-14(17)22-13)20-9-6-16(11-20)7-10-21-12-16/h3-4H,2,5-12H2,1H3,(H,18,19). The summed E-state index contributed by atoms with van der Waals surface area (Å²) in [5.41, 5.74) is 0.363. The SMILES string of the molecule is CCNC(=NCCc1ccc(Br)o1)N1CCC2(CCOC2)C1. The van der Waals surface area contributed by atoms with E-state index < -0.39 is 0 Å². The second-order valence-electron chi connectivity index (χ2n) is 6.17. The van der Waals surface area contributed by atoms with Gasteiger partial charge in [-0.2, -0.15) is 0 Å². The molecule has 1 N–H and O–H groups in total. The summed E-state index contributed by atoms with van der Waals surface area (Å²) in [7, 11) is 0. The van der Waals surface area contributed by atoms with Crippen LogP contribution in [-0.4, -0.2) is 50.3 Å². The molecule has 0 aromatic carbocycles. The van der Waals surface area contributed by atoms with Crippen molar-refractivity contribution in [2.75, 3.05) is 39.4 Å². The molecule has 0 saturated carbocycles. The number of furan rings is 1. The van der Waals surface area contributed by atoms with Crippen molar-refractivity contribution in [3.8, 4) is 0 Å². The Morgan fingerprint density at radius 2 is 2.36 bits per heavy atom. The summed E-state index contributed by atoms with van der Waals surface area (Å²) in [4.78, 5) is 7.16. The third-order valence-electron chi connectivity index (χ3n) is 4.51. The Kier molecular flexibility index (Phi) is 5.08. The molecule has 1 aromatic heterocycles. The van der Waals surface area contributed by atoms with Crippen LogP contribution in [0.5, 0.6) is 0 Å². The quantitative estimate of drug-likeness (QED) is 0.654. The molecule has 2 aliphatic rings. The lowest BCUT2D eigenvalue weighted by molar-refractivity contribution is 0.156. The van der Waals surface area contributed by atoms with Crippen LogP contribution >= 0.6 is 15.9 Å². The average molecular weight is 370 g/mol. The maximum Gasteiger partial charge on any atom is 0.193 e. The molecule has 1 atom stereocenters. The van der Waals surface area contributed by atoms with Crippen molar-refractivity contribution in [3.05, 3.63) is 22.6 Å². The molecule has 22 heavy (non-hydrogen) atoms. The third kappa shape index (κ3) is 3.66. The van der Waals surface area contributed by atoms with Crippen LogP contribution in [-0.2, 0) is 11.2 Å². The summed E-state index contributed by atoms with van der Waals surface area (Å²) < 4.78 is 11.9. The van der Waals surface area contributed by atoms with Gasteiger partial charge in [0.25, 0.3) is 0 Å². The smallest absolute Gasteiger partial charge is 0.193 e. The molecule has 5 nitrogen and oxygen atoms in total. The van der Waals surface area contributed by atoms with Gasteiger partial charge in [-0.3, -0.25) is 4.99 Å². The van der Waals surface area contributed by atoms with Crippen molar-refractivity contribution < 1.29 is 9.15 Å². The second kappa shape index (κ2) is 7.04. The van der Waals surface area contributed by atoms with Crippen molar-refractivity contribution in [2.24, 2.45) is 10.4 Å². The van der Waals surface area contributed by atoms with Crippen molar-refractivity contribution in [2.45, 2.75) is 26.2 Å². The van der Waals surface area contributed by atoms with Gasteiger partial charge in [-0.25, -0.2) is 0 Å². The van der Waals surface area contributed by atoms with Gasteiger partial charge in [0.2, 0.25) is 0 Å². The normalized spacial score (nSPS) is 25.4. The highest BCUT2D eigenvalue weighted by Gasteiger charge is 2.42. The van der Waals surface area contributed by atoms with Gasteiger partial charge < -0.3 is 19.4 Å². The van der Waals surface area contributed by atoms with Crippen LogP contribution in [0.15, 0.2) is 26.2 Å². The number of rotatable bonds is 4. The Bertz CT molecular complexity index is 523. The molecule has 1 aromatic rings. The fourth-order valence-corrected chi connectivity index (χ4v) is 3.61. The number of nitrogens with one attached hydrogen (secondary N) is 1. The van der Waals surface area contributed by atoms with E-state index >= 15 is 0 Å². The van der Waals surface area contributed by atoms with E-state index in [2.05, 4.69) is 33.1 Å². The maximum atomic E-state index is 5.61. The number of nitrogens with zero attached hydrogens (tertiary/aromatic N) is 2. The minimum absolute atomic E-state index is 0.363. The van der Waals surface area contributed by atoms with E-state index in [4.69, 9.17) is 14.1 Å². The summed E-state index contributed by atoms with van der Waals surface area (Å²) >= 11 is 3.33. The second-order valence-corrected chi connectivity index (χ2v) is 6.95. The van der Waals surface area contributed by atoms with Crippen molar-refractivity contribution in [3.63, 3.8) is 0 Å². The fraction of sp³-hybridized carbons (Fsp3) is 0.688. The molecule has 0 amide bonds. The molecule has 0 bridgehead atoms. The van der Waals surface area contributed by atoms with Crippen molar-refractivity contribution >= 4 is 21.9 Å². The first kappa shape index (κ1) is 15.9. The Labute approximate surface area is 140 Å². The van der Waals surface area contributed by atoms with Gasteiger partial charge in [-0.05, 0) is 47.8 Å². The maximum absolute atomic E-state index is 5.61. The molecule has 3 rings (SSSR count). The number of ether oxygens (including phenoxy) is 1. The van der Waals surface area contributed by atoms with Gasteiger partial charge in [-0.1, -0.05) is 0 Å². The predicted molar refractivity (Wildman–Crippen MR) is 90.1 cm³/mol. The van der Waals surface area contributed by atoms with Crippen LogP contribution in [0, 0.1) is 5.41 Å². The summed E-state index contributed by atoms with van der Waals surface area (Å²) in [6.07, 6.45) is 3.22. The molecule has 1 spiro atoms. The lowest BCUT2D eigenvalue weighted by atomic mass is 9.87. The van der Waals surface area contributed by atoms with Gasteiger partial charge >= 0.3 is 0 Å². The molecule has 122 valence electrons. The van der Waals surface area contributed by atoms with Crippen LogP contribution < -0.4 is 5.32 Å². The zero-order valence-electron chi connectivity index (χ0n) is 13.1. The zero-order chi connectivity index (χ0) is 15.4. The number of halogens is 1.